The van der Waals surface area contributed by atoms with Gasteiger partial charge in [-0.05, 0) is 18.2 Å². The van der Waals surface area contributed by atoms with E-state index in [-0.39, 0.29) is 0 Å². The number of aromatic nitrogens is 1. The van der Waals surface area contributed by atoms with E-state index in [0.29, 0.717) is 12.3 Å². The Morgan fingerprint density at radius 1 is 1.57 bits per heavy atom. The number of fused-ring (bicyclic) bond motifs is 1. The molecule has 0 fully saturated rings. The molecule has 0 atom stereocenters. The number of aryl methyl sites for hydroxylation is 1. The van der Waals surface area contributed by atoms with Gasteiger partial charge in [-0.25, -0.2) is 4.98 Å². The standard InChI is InChI=1S/C10H10N2O2/c1-2-10-12-8-5-7(11-6-13)3-4-9(8)14-10/h3-6H,2H2,1H3,(H,11,13). The fourth-order valence-electron chi connectivity index (χ4n) is 1.28. The second-order valence-corrected chi connectivity index (χ2v) is 2.91. The lowest BCUT2D eigenvalue weighted by Gasteiger charge is -1.95. The average molecular weight is 190 g/mol. The molecule has 0 radical (unpaired) electrons. The van der Waals surface area contributed by atoms with Crippen molar-refractivity contribution in [3.63, 3.8) is 0 Å². The quantitative estimate of drug-likeness (QED) is 0.752. The largest absolute Gasteiger partial charge is 0.441 e. The molecular weight excluding hydrogens is 180 g/mol. The van der Waals surface area contributed by atoms with Crippen LogP contribution in [-0.2, 0) is 11.2 Å². The topological polar surface area (TPSA) is 55.1 Å². The first-order valence-electron chi connectivity index (χ1n) is 4.43. The van der Waals surface area contributed by atoms with E-state index in [1.54, 1.807) is 18.2 Å². The molecule has 1 aromatic carbocycles. The first-order chi connectivity index (χ1) is 6.83. The van der Waals surface area contributed by atoms with Gasteiger partial charge in [-0.2, -0.15) is 0 Å². The zero-order chi connectivity index (χ0) is 9.97. The molecule has 0 aliphatic heterocycles. The Kier molecular flexibility index (Phi) is 2.18. The predicted octanol–water partition coefficient (Wildman–Crippen LogP) is 1.96. The summed E-state index contributed by atoms with van der Waals surface area (Å²) >= 11 is 0. The van der Waals surface area contributed by atoms with Crippen molar-refractivity contribution in [1.82, 2.24) is 4.98 Å². The number of rotatable bonds is 3. The minimum atomic E-state index is 0.641. The van der Waals surface area contributed by atoms with E-state index in [2.05, 4.69) is 10.3 Å². The first kappa shape index (κ1) is 8.74. The highest BCUT2D eigenvalue weighted by Gasteiger charge is 2.03. The molecular formula is C10H10N2O2. The maximum Gasteiger partial charge on any atom is 0.211 e. The van der Waals surface area contributed by atoms with Crippen LogP contribution in [0, 0.1) is 0 Å². The van der Waals surface area contributed by atoms with E-state index >= 15 is 0 Å². The van der Waals surface area contributed by atoms with Crippen molar-refractivity contribution in [1.29, 1.82) is 0 Å². The Labute approximate surface area is 80.9 Å². The molecule has 0 unspecified atom stereocenters. The maximum absolute atomic E-state index is 10.2. The van der Waals surface area contributed by atoms with Gasteiger partial charge in [-0.15, -0.1) is 0 Å². The number of oxazole rings is 1. The van der Waals surface area contributed by atoms with Crippen molar-refractivity contribution in [3.05, 3.63) is 24.1 Å². The lowest BCUT2D eigenvalue weighted by atomic mass is 10.3. The van der Waals surface area contributed by atoms with E-state index < -0.39 is 0 Å². The van der Waals surface area contributed by atoms with Crippen molar-refractivity contribution >= 4 is 23.2 Å². The second kappa shape index (κ2) is 3.49. The van der Waals surface area contributed by atoms with Crippen LogP contribution < -0.4 is 5.32 Å². The molecule has 4 nitrogen and oxygen atoms in total. The number of anilines is 1. The van der Waals surface area contributed by atoms with E-state index in [1.165, 1.54) is 0 Å². The molecule has 0 spiro atoms. The Morgan fingerprint density at radius 3 is 3.14 bits per heavy atom. The normalized spacial score (nSPS) is 10.4. The average Bonchev–Trinajstić information content (AvgIpc) is 2.60. The summed E-state index contributed by atoms with van der Waals surface area (Å²) in [6.45, 7) is 1.98. The summed E-state index contributed by atoms with van der Waals surface area (Å²) in [5.41, 5.74) is 2.25. The van der Waals surface area contributed by atoms with Crippen LogP contribution in [0.3, 0.4) is 0 Å². The Balaban J connectivity index is 2.48. The van der Waals surface area contributed by atoms with Gasteiger partial charge in [0.05, 0.1) is 0 Å². The minimum absolute atomic E-state index is 0.641. The fraction of sp³-hybridized carbons (Fsp3) is 0.200. The SMILES string of the molecule is CCc1nc2cc(NC=O)ccc2o1. The number of nitrogens with one attached hydrogen (secondary N) is 1. The van der Waals surface area contributed by atoms with Gasteiger partial charge in [0.15, 0.2) is 11.5 Å². The summed E-state index contributed by atoms with van der Waals surface area (Å²) in [5.74, 6) is 0.711. The van der Waals surface area contributed by atoms with Crippen LogP contribution in [0.1, 0.15) is 12.8 Å². The molecule has 2 aromatic rings. The summed E-state index contributed by atoms with van der Waals surface area (Å²) in [6.07, 6.45) is 1.41. The molecule has 72 valence electrons. The van der Waals surface area contributed by atoms with E-state index in [1.807, 2.05) is 6.92 Å². The van der Waals surface area contributed by atoms with Gasteiger partial charge < -0.3 is 9.73 Å². The minimum Gasteiger partial charge on any atom is -0.441 e. The molecule has 0 aliphatic rings. The van der Waals surface area contributed by atoms with Gasteiger partial charge in [-0.1, -0.05) is 6.92 Å². The van der Waals surface area contributed by atoms with Gasteiger partial charge >= 0.3 is 0 Å². The van der Waals surface area contributed by atoms with Gasteiger partial charge in [0.2, 0.25) is 6.41 Å². The molecule has 1 N–H and O–H groups in total. The molecule has 1 heterocycles. The van der Waals surface area contributed by atoms with Crippen molar-refractivity contribution in [2.75, 3.05) is 5.32 Å². The molecule has 2 rings (SSSR count). The summed E-state index contributed by atoms with van der Waals surface area (Å²) in [6, 6.07) is 5.36. The lowest BCUT2D eigenvalue weighted by molar-refractivity contribution is -0.105. The highest BCUT2D eigenvalue weighted by molar-refractivity contribution is 5.81. The lowest BCUT2D eigenvalue weighted by Crippen LogP contribution is -1.92. The first-order valence-corrected chi connectivity index (χ1v) is 4.43. The zero-order valence-corrected chi connectivity index (χ0v) is 7.78. The maximum atomic E-state index is 10.2. The van der Waals surface area contributed by atoms with E-state index in [4.69, 9.17) is 4.42 Å². The number of amides is 1. The summed E-state index contributed by atoms with van der Waals surface area (Å²) in [7, 11) is 0. The monoisotopic (exact) mass is 190 g/mol. The highest BCUT2D eigenvalue weighted by Crippen LogP contribution is 2.19. The number of benzene rings is 1. The van der Waals surface area contributed by atoms with Crippen molar-refractivity contribution in [2.24, 2.45) is 0 Å². The van der Waals surface area contributed by atoms with E-state index in [9.17, 15) is 4.79 Å². The molecule has 1 amide bonds. The number of hydrogen-bond acceptors (Lipinski definition) is 3. The highest BCUT2D eigenvalue weighted by atomic mass is 16.3. The van der Waals surface area contributed by atoms with Crippen LogP contribution in [0.15, 0.2) is 22.6 Å². The third kappa shape index (κ3) is 1.46. The van der Waals surface area contributed by atoms with Gasteiger partial charge in [0, 0.05) is 12.1 Å². The van der Waals surface area contributed by atoms with Crippen LogP contribution in [0.2, 0.25) is 0 Å². The van der Waals surface area contributed by atoms with Crippen LogP contribution in [0.4, 0.5) is 5.69 Å². The van der Waals surface area contributed by atoms with Crippen LogP contribution in [0.25, 0.3) is 11.1 Å². The van der Waals surface area contributed by atoms with Gasteiger partial charge in [0.25, 0.3) is 0 Å². The Hall–Kier alpha value is -1.84. The van der Waals surface area contributed by atoms with Crippen molar-refractivity contribution in [3.8, 4) is 0 Å². The number of carbonyl (C=O) groups is 1. The number of carbonyl (C=O) groups excluding carboxylic acids is 1. The Morgan fingerprint density at radius 2 is 2.43 bits per heavy atom. The summed E-state index contributed by atoms with van der Waals surface area (Å²) < 4.78 is 5.42. The summed E-state index contributed by atoms with van der Waals surface area (Å²) in [5, 5.41) is 2.56. The predicted molar refractivity (Wildman–Crippen MR) is 53.1 cm³/mol. The molecule has 14 heavy (non-hydrogen) atoms. The van der Waals surface area contributed by atoms with Crippen molar-refractivity contribution in [2.45, 2.75) is 13.3 Å². The third-order valence-electron chi connectivity index (χ3n) is 1.96. The molecule has 4 heteroatoms. The smallest absolute Gasteiger partial charge is 0.211 e. The third-order valence-corrected chi connectivity index (χ3v) is 1.96. The molecule has 0 saturated carbocycles. The number of hydrogen-bond donors (Lipinski definition) is 1. The second-order valence-electron chi connectivity index (χ2n) is 2.91. The van der Waals surface area contributed by atoms with Crippen molar-refractivity contribution < 1.29 is 9.21 Å². The van der Waals surface area contributed by atoms with Crippen LogP contribution in [-0.4, -0.2) is 11.4 Å². The zero-order valence-electron chi connectivity index (χ0n) is 7.78. The van der Waals surface area contributed by atoms with Crippen LogP contribution >= 0.6 is 0 Å². The summed E-state index contributed by atoms with van der Waals surface area (Å²) in [4.78, 5) is 14.5. The van der Waals surface area contributed by atoms with E-state index in [0.717, 1.165) is 23.2 Å². The molecule has 0 aliphatic carbocycles. The Bertz CT molecular complexity index is 462. The molecule has 0 bridgehead atoms. The van der Waals surface area contributed by atoms with Gasteiger partial charge in [0.1, 0.15) is 5.52 Å². The fourth-order valence-corrected chi connectivity index (χ4v) is 1.28. The molecule has 1 aromatic heterocycles. The number of nitrogens with zero attached hydrogens (tertiary/aromatic N) is 1. The molecule has 0 saturated heterocycles. The van der Waals surface area contributed by atoms with Gasteiger partial charge in [-0.3, -0.25) is 4.79 Å². The van der Waals surface area contributed by atoms with Crippen LogP contribution in [0.5, 0.6) is 0 Å².